The number of thiophene rings is 1. The second kappa shape index (κ2) is 7.17. The first-order valence-corrected chi connectivity index (χ1v) is 11.8. The van der Waals surface area contributed by atoms with Crippen LogP contribution in [0, 0.1) is 0 Å². The number of nitrogens with zero attached hydrogens (tertiary/aromatic N) is 3. The van der Waals surface area contributed by atoms with E-state index >= 15 is 0 Å². The SMILES string of the molecule is Nc1cccc(-c2cc3c(s2)CCOC32CCN(C(=O)c3cc(C4CC4)[nH]n3)CC2)n1. The van der Waals surface area contributed by atoms with E-state index in [4.69, 9.17) is 10.5 Å². The van der Waals surface area contributed by atoms with E-state index in [1.807, 2.05) is 23.1 Å². The van der Waals surface area contributed by atoms with Crippen molar-refractivity contribution in [2.24, 2.45) is 0 Å². The highest BCUT2D eigenvalue weighted by molar-refractivity contribution is 7.15. The fourth-order valence-electron chi connectivity index (χ4n) is 4.83. The van der Waals surface area contributed by atoms with Crippen LogP contribution in [0.2, 0.25) is 0 Å². The molecule has 5 heterocycles. The molecule has 0 aromatic carbocycles. The van der Waals surface area contributed by atoms with Gasteiger partial charge in [-0.25, -0.2) is 4.98 Å². The fourth-order valence-corrected chi connectivity index (χ4v) is 6.03. The largest absolute Gasteiger partial charge is 0.384 e. The molecule has 3 aromatic heterocycles. The van der Waals surface area contributed by atoms with Crippen molar-refractivity contribution in [2.75, 3.05) is 25.4 Å². The molecule has 3 N–H and O–H groups in total. The summed E-state index contributed by atoms with van der Waals surface area (Å²) in [7, 11) is 0. The Morgan fingerprint density at radius 2 is 2.10 bits per heavy atom. The van der Waals surface area contributed by atoms with Gasteiger partial charge in [0.05, 0.1) is 22.8 Å². The van der Waals surface area contributed by atoms with Gasteiger partial charge in [0, 0.05) is 36.0 Å². The smallest absolute Gasteiger partial charge is 0.274 e. The molecule has 1 aliphatic carbocycles. The van der Waals surface area contributed by atoms with Gasteiger partial charge in [0.2, 0.25) is 0 Å². The normalized spacial score (nSPS) is 20.1. The van der Waals surface area contributed by atoms with Crippen LogP contribution in [0.3, 0.4) is 0 Å². The number of anilines is 1. The number of aromatic nitrogens is 3. The van der Waals surface area contributed by atoms with E-state index in [2.05, 4.69) is 21.2 Å². The molecule has 160 valence electrons. The van der Waals surface area contributed by atoms with Crippen LogP contribution in [0.4, 0.5) is 5.82 Å². The number of amides is 1. The van der Waals surface area contributed by atoms with Gasteiger partial charge >= 0.3 is 0 Å². The maximum absolute atomic E-state index is 13.0. The van der Waals surface area contributed by atoms with E-state index in [1.165, 1.54) is 23.3 Å². The molecule has 0 radical (unpaired) electrons. The molecular formula is C23H25N5O2S. The predicted molar refractivity (Wildman–Crippen MR) is 119 cm³/mol. The highest BCUT2D eigenvalue weighted by atomic mass is 32.1. The molecular weight excluding hydrogens is 410 g/mol. The summed E-state index contributed by atoms with van der Waals surface area (Å²) in [6.07, 6.45) is 4.90. The number of hydrogen-bond donors (Lipinski definition) is 2. The van der Waals surface area contributed by atoms with Crippen LogP contribution in [0.15, 0.2) is 30.3 Å². The standard InChI is InChI=1S/C23H25N5O2S/c24-21-3-1-2-16(25-21)20-12-15-19(31-20)6-11-30-23(15)7-9-28(10-8-23)22(29)18-13-17(26-27-18)14-4-5-14/h1-3,12-14H,4-11H2,(H2,24,25)(H,26,27). The first-order chi connectivity index (χ1) is 15.1. The summed E-state index contributed by atoms with van der Waals surface area (Å²) < 4.78 is 6.39. The minimum Gasteiger partial charge on any atom is -0.384 e. The van der Waals surface area contributed by atoms with Crippen molar-refractivity contribution in [3.63, 3.8) is 0 Å². The molecule has 6 rings (SSSR count). The number of nitrogens with one attached hydrogen (secondary N) is 1. The Balaban J connectivity index is 1.22. The molecule has 2 aliphatic heterocycles. The Hall–Kier alpha value is -2.71. The fraction of sp³-hybridized carbons (Fsp3) is 0.435. The Bertz CT molecular complexity index is 1140. The average Bonchev–Trinajstić information content (AvgIpc) is 3.33. The number of H-pyrrole nitrogens is 1. The van der Waals surface area contributed by atoms with Gasteiger partial charge in [0.15, 0.2) is 0 Å². The van der Waals surface area contributed by atoms with Crippen molar-refractivity contribution >= 4 is 23.1 Å². The van der Waals surface area contributed by atoms with Crippen LogP contribution < -0.4 is 5.73 Å². The maximum atomic E-state index is 13.0. The number of rotatable bonds is 3. The second-order valence-corrected chi connectivity index (χ2v) is 9.90. The Morgan fingerprint density at radius 3 is 2.87 bits per heavy atom. The third-order valence-electron chi connectivity index (χ3n) is 6.72. The van der Waals surface area contributed by atoms with Crippen molar-refractivity contribution in [3.05, 3.63) is 52.2 Å². The lowest BCUT2D eigenvalue weighted by atomic mass is 9.82. The molecule has 1 amide bonds. The lowest BCUT2D eigenvalue weighted by Crippen LogP contribution is -2.48. The lowest BCUT2D eigenvalue weighted by Gasteiger charge is -2.43. The molecule has 31 heavy (non-hydrogen) atoms. The number of likely N-dealkylation sites (tertiary alicyclic amines) is 1. The Morgan fingerprint density at radius 1 is 1.26 bits per heavy atom. The third-order valence-corrected chi connectivity index (χ3v) is 7.94. The third kappa shape index (κ3) is 3.34. The molecule has 0 bridgehead atoms. The quantitative estimate of drug-likeness (QED) is 0.654. The predicted octanol–water partition coefficient (Wildman–Crippen LogP) is 3.70. The molecule has 0 unspecified atom stereocenters. The number of carbonyl (C=O) groups excluding carboxylic acids is 1. The van der Waals surface area contributed by atoms with Gasteiger partial charge in [-0.05, 0) is 55.5 Å². The van der Waals surface area contributed by atoms with E-state index in [0.29, 0.717) is 30.5 Å². The molecule has 1 saturated heterocycles. The summed E-state index contributed by atoms with van der Waals surface area (Å²) in [6.45, 7) is 2.06. The van der Waals surface area contributed by atoms with Gasteiger partial charge in [-0.1, -0.05) is 6.07 Å². The second-order valence-electron chi connectivity index (χ2n) is 8.76. The molecule has 2 fully saturated rings. The molecule has 1 saturated carbocycles. The van der Waals surface area contributed by atoms with Crippen molar-refractivity contribution in [1.29, 1.82) is 0 Å². The first kappa shape index (κ1) is 19.0. The zero-order chi connectivity index (χ0) is 21.0. The van der Waals surface area contributed by atoms with Crippen LogP contribution in [0.1, 0.15) is 58.2 Å². The van der Waals surface area contributed by atoms with Gasteiger partial charge in [0.1, 0.15) is 11.5 Å². The van der Waals surface area contributed by atoms with Gasteiger partial charge < -0.3 is 15.4 Å². The summed E-state index contributed by atoms with van der Waals surface area (Å²) >= 11 is 1.79. The highest BCUT2D eigenvalue weighted by Crippen LogP contribution is 2.46. The van der Waals surface area contributed by atoms with Crippen LogP contribution in [0.25, 0.3) is 10.6 Å². The zero-order valence-electron chi connectivity index (χ0n) is 17.3. The van der Waals surface area contributed by atoms with Crippen molar-refractivity contribution in [3.8, 4) is 10.6 Å². The molecule has 3 aromatic rings. The summed E-state index contributed by atoms with van der Waals surface area (Å²) in [6, 6.07) is 9.91. The number of carbonyl (C=O) groups is 1. The van der Waals surface area contributed by atoms with Gasteiger partial charge in [-0.3, -0.25) is 9.89 Å². The minimum atomic E-state index is -0.315. The highest BCUT2D eigenvalue weighted by Gasteiger charge is 2.43. The van der Waals surface area contributed by atoms with Crippen molar-refractivity contribution in [2.45, 2.75) is 43.6 Å². The Kier molecular flexibility index (Phi) is 4.40. The van der Waals surface area contributed by atoms with Gasteiger partial charge in [-0.15, -0.1) is 11.3 Å². The molecule has 8 heteroatoms. The lowest BCUT2D eigenvalue weighted by molar-refractivity contribution is -0.0926. The van der Waals surface area contributed by atoms with Crippen molar-refractivity contribution in [1.82, 2.24) is 20.1 Å². The topological polar surface area (TPSA) is 97.1 Å². The average molecular weight is 436 g/mol. The van der Waals surface area contributed by atoms with Gasteiger partial charge in [0.25, 0.3) is 5.91 Å². The first-order valence-electron chi connectivity index (χ1n) is 11.0. The summed E-state index contributed by atoms with van der Waals surface area (Å²) in [5.74, 6) is 1.11. The zero-order valence-corrected chi connectivity index (χ0v) is 18.1. The van der Waals surface area contributed by atoms with Crippen LogP contribution >= 0.6 is 11.3 Å². The summed E-state index contributed by atoms with van der Waals surface area (Å²) in [4.78, 5) is 21.9. The van der Waals surface area contributed by atoms with Crippen LogP contribution in [0.5, 0.6) is 0 Å². The number of pyridine rings is 1. The number of aromatic amines is 1. The number of nitrogens with two attached hydrogens (primary N) is 1. The monoisotopic (exact) mass is 435 g/mol. The van der Waals surface area contributed by atoms with E-state index in [1.54, 1.807) is 17.4 Å². The van der Waals surface area contributed by atoms with Gasteiger partial charge in [-0.2, -0.15) is 5.10 Å². The van der Waals surface area contributed by atoms with E-state index in [0.717, 1.165) is 42.1 Å². The van der Waals surface area contributed by atoms with E-state index < -0.39 is 0 Å². The van der Waals surface area contributed by atoms with Crippen LogP contribution in [-0.2, 0) is 16.8 Å². The maximum Gasteiger partial charge on any atom is 0.274 e. The van der Waals surface area contributed by atoms with E-state index in [9.17, 15) is 4.79 Å². The van der Waals surface area contributed by atoms with Crippen LogP contribution in [-0.4, -0.2) is 45.7 Å². The minimum absolute atomic E-state index is 0.0176. The number of piperidine rings is 1. The molecule has 1 spiro atoms. The number of ether oxygens (including phenoxy) is 1. The Labute approximate surface area is 184 Å². The summed E-state index contributed by atoms with van der Waals surface area (Å²) in [5, 5.41) is 7.32. The van der Waals surface area contributed by atoms with E-state index in [-0.39, 0.29) is 11.5 Å². The number of nitrogen functional groups attached to an aromatic ring is 1. The molecule has 0 atom stereocenters. The number of fused-ring (bicyclic) bond motifs is 2. The van der Waals surface area contributed by atoms with Crippen molar-refractivity contribution < 1.29 is 9.53 Å². The molecule has 7 nitrogen and oxygen atoms in total. The molecule has 3 aliphatic rings. The summed E-state index contributed by atoms with van der Waals surface area (Å²) in [5.41, 5.74) is 9.39. The number of hydrogen-bond acceptors (Lipinski definition) is 6.